The van der Waals surface area contributed by atoms with E-state index in [2.05, 4.69) is 5.32 Å². The quantitative estimate of drug-likeness (QED) is 0.702. The van der Waals surface area contributed by atoms with Crippen molar-refractivity contribution in [3.8, 4) is 0 Å². The van der Waals surface area contributed by atoms with E-state index < -0.39 is 23.4 Å². The molecule has 0 atom stereocenters. The highest BCUT2D eigenvalue weighted by atomic mass is 32.2. The van der Waals surface area contributed by atoms with Gasteiger partial charge in [0, 0.05) is 33.4 Å². The largest absolute Gasteiger partial charge is 0.322 e. The number of ketones is 1. The Morgan fingerprint density at radius 2 is 1.61 bits per heavy atom. The summed E-state index contributed by atoms with van der Waals surface area (Å²) in [5, 5.41) is 2.67. The zero-order chi connectivity index (χ0) is 20.3. The summed E-state index contributed by atoms with van der Waals surface area (Å²) in [4.78, 5) is 24.2. The second-order valence-corrected chi connectivity index (χ2v) is 8.27. The summed E-state index contributed by atoms with van der Waals surface area (Å²) in [6.07, 6.45) is 3.23. The maximum Gasteiger partial charge on any atom is 0.255 e. The lowest BCUT2D eigenvalue weighted by atomic mass is 9.86. The lowest BCUT2D eigenvalue weighted by Gasteiger charge is -2.26. The topological polar surface area (TPSA) is 46.2 Å². The average molecular weight is 407 g/mol. The molecule has 0 aliphatic heterocycles. The minimum atomic E-state index is -1.06. The predicted molar refractivity (Wildman–Crippen MR) is 103 cm³/mol. The molecule has 28 heavy (non-hydrogen) atoms. The Morgan fingerprint density at radius 1 is 0.929 bits per heavy atom. The number of carbonyl (C=O) groups excluding carboxylic acids is 2. The van der Waals surface area contributed by atoms with Gasteiger partial charge >= 0.3 is 0 Å². The van der Waals surface area contributed by atoms with Gasteiger partial charge in [-0.25, -0.2) is 13.2 Å². The Hall–Kier alpha value is -2.28. The number of thioether (sulfide) groups is 1. The first-order valence-corrected chi connectivity index (χ1v) is 9.94. The van der Waals surface area contributed by atoms with Gasteiger partial charge < -0.3 is 5.32 Å². The molecular weight excluding hydrogens is 387 g/mol. The number of rotatable bonds is 5. The fourth-order valence-electron chi connectivity index (χ4n) is 3.28. The number of anilines is 1. The zero-order valence-corrected chi connectivity index (χ0v) is 16.1. The van der Waals surface area contributed by atoms with E-state index in [-0.39, 0.29) is 28.2 Å². The van der Waals surface area contributed by atoms with Crippen molar-refractivity contribution in [1.82, 2.24) is 0 Å². The van der Waals surface area contributed by atoms with Crippen LogP contribution in [-0.2, 0) is 4.79 Å². The van der Waals surface area contributed by atoms with Crippen LogP contribution in [0.4, 0.5) is 18.9 Å². The molecule has 0 bridgehead atoms. The normalized spacial score (nSPS) is 19.3. The molecule has 148 valence electrons. The van der Waals surface area contributed by atoms with Gasteiger partial charge in [-0.05, 0) is 62.9 Å². The molecule has 0 aromatic heterocycles. The molecule has 3 nitrogen and oxygen atoms in total. The highest BCUT2D eigenvalue weighted by Crippen LogP contribution is 2.37. The molecule has 2 aromatic rings. The van der Waals surface area contributed by atoms with Crippen LogP contribution >= 0.6 is 11.8 Å². The molecule has 7 heteroatoms. The van der Waals surface area contributed by atoms with Gasteiger partial charge in [-0.3, -0.25) is 9.59 Å². The van der Waals surface area contributed by atoms with E-state index in [4.69, 9.17) is 0 Å². The third-order valence-corrected chi connectivity index (χ3v) is 6.29. The van der Waals surface area contributed by atoms with Crippen molar-refractivity contribution in [2.45, 2.75) is 42.8 Å². The molecule has 1 saturated carbocycles. The third-order valence-electron chi connectivity index (χ3n) is 4.91. The second-order valence-electron chi connectivity index (χ2n) is 6.93. The molecule has 2 aromatic carbocycles. The first-order chi connectivity index (χ1) is 13.3. The molecule has 1 amide bonds. The van der Waals surface area contributed by atoms with Gasteiger partial charge in [0.25, 0.3) is 5.91 Å². The number of hydrogen-bond donors (Lipinski definition) is 1. The van der Waals surface area contributed by atoms with Crippen LogP contribution in [0.1, 0.15) is 43.0 Å². The van der Waals surface area contributed by atoms with E-state index in [0.717, 1.165) is 37.8 Å². The number of nitrogens with one attached hydrogen (secondary N) is 1. The number of carbonyl (C=O) groups is 2. The highest BCUT2D eigenvalue weighted by Gasteiger charge is 2.25. The summed E-state index contributed by atoms with van der Waals surface area (Å²) in [7, 11) is 0. The molecule has 0 saturated heterocycles. The van der Waals surface area contributed by atoms with Crippen LogP contribution in [-0.4, -0.2) is 16.9 Å². The molecule has 1 aliphatic carbocycles. The maximum absolute atomic E-state index is 14.2. The summed E-state index contributed by atoms with van der Waals surface area (Å²) >= 11 is 1.37. The standard InChI is InChI=1S/C21H20F3NO2S/c1-12(26)13-2-6-16(7-3-13)28-20-10-14(4-8-18(20)23)21(27)25-15-5-9-17(22)19(24)11-15/h4-5,8-11,13,16H,2-3,6-7H2,1H3,(H,25,27). The Kier molecular flexibility index (Phi) is 6.44. The SMILES string of the molecule is CC(=O)C1CCC(Sc2cc(C(=O)Nc3ccc(F)c(F)c3)ccc2F)CC1. The van der Waals surface area contributed by atoms with E-state index in [9.17, 15) is 22.8 Å². The van der Waals surface area contributed by atoms with Crippen molar-refractivity contribution in [2.75, 3.05) is 5.32 Å². The van der Waals surface area contributed by atoms with Crippen molar-refractivity contribution >= 4 is 29.1 Å². The lowest BCUT2D eigenvalue weighted by molar-refractivity contribution is -0.121. The van der Waals surface area contributed by atoms with E-state index in [1.807, 2.05) is 0 Å². The van der Waals surface area contributed by atoms with Gasteiger partial charge in [0.15, 0.2) is 11.6 Å². The number of amides is 1. The van der Waals surface area contributed by atoms with E-state index in [0.29, 0.717) is 4.90 Å². The van der Waals surface area contributed by atoms with Crippen LogP contribution in [0.3, 0.4) is 0 Å². The Labute approximate surface area is 165 Å². The number of benzene rings is 2. The van der Waals surface area contributed by atoms with Gasteiger partial charge in [0.2, 0.25) is 0 Å². The van der Waals surface area contributed by atoms with Gasteiger partial charge in [-0.15, -0.1) is 11.8 Å². The molecular formula is C21H20F3NO2S. The van der Waals surface area contributed by atoms with Gasteiger partial charge in [-0.1, -0.05) is 0 Å². The van der Waals surface area contributed by atoms with Crippen LogP contribution in [0, 0.1) is 23.4 Å². The van der Waals surface area contributed by atoms with Crippen LogP contribution in [0.2, 0.25) is 0 Å². The van der Waals surface area contributed by atoms with Crippen molar-refractivity contribution < 1.29 is 22.8 Å². The summed E-state index contributed by atoms with van der Waals surface area (Å²) in [6, 6.07) is 7.11. The van der Waals surface area contributed by atoms with Crippen LogP contribution in [0.25, 0.3) is 0 Å². The molecule has 0 radical (unpaired) electrons. The van der Waals surface area contributed by atoms with Crippen molar-refractivity contribution in [3.05, 3.63) is 59.4 Å². The van der Waals surface area contributed by atoms with Gasteiger partial charge in [0.1, 0.15) is 11.6 Å². The van der Waals surface area contributed by atoms with Crippen LogP contribution in [0.15, 0.2) is 41.3 Å². The fraction of sp³-hybridized carbons (Fsp3) is 0.333. The fourth-order valence-corrected chi connectivity index (χ4v) is 4.52. The highest BCUT2D eigenvalue weighted by molar-refractivity contribution is 8.00. The molecule has 1 N–H and O–H groups in total. The summed E-state index contributed by atoms with van der Waals surface area (Å²) in [5.74, 6) is -2.72. The molecule has 0 unspecified atom stereocenters. The molecule has 0 heterocycles. The van der Waals surface area contributed by atoms with Crippen molar-refractivity contribution in [2.24, 2.45) is 5.92 Å². The Balaban J connectivity index is 1.68. The van der Waals surface area contributed by atoms with Crippen LogP contribution in [0.5, 0.6) is 0 Å². The summed E-state index contributed by atoms with van der Waals surface area (Å²) < 4.78 is 40.5. The van der Waals surface area contributed by atoms with Crippen molar-refractivity contribution in [3.63, 3.8) is 0 Å². The maximum atomic E-state index is 14.2. The molecule has 3 rings (SSSR count). The first kappa shape index (κ1) is 20.5. The van der Waals surface area contributed by atoms with Gasteiger partial charge in [0.05, 0.1) is 0 Å². The minimum Gasteiger partial charge on any atom is -0.322 e. The Bertz CT molecular complexity index is 895. The summed E-state index contributed by atoms with van der Waals surface area (Å²) in [5.41, 5.74) is 0.344. The van der Waals surface area contributed by atoms with E-state index in [1.165, 1.54) is 36.0 Å². The average Bonchev–Trinajstić information content (AvgIpc) is 2.67. The number of halogens is 3. The zero-order valence-electron chi connectivity index (χ0n) is 15.3. The number of Topliss-reactive ketones (excluding diaryl/α,β-unsaturated/α-hetero) is 1. The first-order valence-electron chi connectivity index (χ1n) is 9.06. The smallest absolute Gasteiger partial charge is 0.255 e. The van der Waals surface area contributed by atoms with E-state index >= 15 is 0 Å². The monoisotopic (exact) mass is 407 g/mol. The molecule has 0 spiro atoms. The third kappa shape index (κ3) is 4.95. The summed E-state index contributed by atoms with van der Waals surface area (Å²) in [6.45, 7) is 1.60. The van der Waals surface area contributed by atoms with E-state index in [1.54, 1.807) is 6.92 Å². The van der Waals surface area contributed by atoms with Crippen molar-refractivity contribution in [1.29, 1.82) is 0 Å². The molecule has 1 aliphatic rings. The predicted octanol–water partition coefficient (Wildman–Crippen LogP) is 5.60. The van der Waals surface area contributed by atoms with Crippen LogP contribution < -0.4 is 5.32 Å². The molecule has 1 fully saturated rings. The Morgan fingerprint density at radius 3 is 2.25 bits per heavy atom. The lowest BCUT2D eigenvalue weighted by Crippen LogP contribution is -2.21. The minimum absolute atomic E-state index is 0.0925. The number of hydrogen-bond acceptors (Lipinski definition) is 3. The second kappa shape index (κ2) is 8.82. The van der Waals surface area contributed by atoms with Gasteiger partial charge in [-0.2, -0.15) is 0 Å².